The van der Waals surface area contributed by atoms with Gasteiger partial charge in [0, 0.05) is 9.13 Å². The molecule has 0 aliphatic heterocycles. The molecule has 0 aromatic heterocycles. The van der Waals surface area contributed by atoms with Crippen molar-refractivity contribution < 1.29 is 14.6 Å². The number of carboxylic acid groups (broad SMARTS) is 1. The Morgan fingerprint density at radius 3 is 2.24 bits per heavy atom. The molecule has 21 heavy (non-hydrogen) atoms. The summed E-state index contributed by atoms with van der Waals surface area (Å²) in [5, 5.41) is 9.41. The molecule has 1 N–H and O–H groups in total. The van der Waals surface area contributed by atoms with Gasteiger partial charge in [-0.1, -0.05) is 24.3 Å². The summed E-state index contributed by atoms with van der Waals surface area (Å²) in [4.78, 5) is 11.5. The Kier molecular flexibility index (Phi) is 4.14. The summed E-state index contributed by atoms with van der Waals surface area (Å²) in [5.74, 6) is 0.251. The van der Waals surface area contributed by atoms with Crippen molar-refractivity contribution in [2.75, 3.05) is 0 Å². The molecule has 0 radical (unpaired) electrons. The van der Waals surface area contributed by atoms with Gasteiger partial charge in [-0.3, -0.25) is 0 Å². The lowest BCUT2D eigenvalue weighted by molar-refractivity contribution is -0.145. The Hall–Kier alpha value is -1.56. The zero-order valence-electron chi connectivity index (χ0n) is 11.3. The van der Waals surface area contributed by atoms with Gasteiger partial charge in [0.15, 0.2) is 0 Å². The predicted octanol–water partition coefficient (Wildman–Crippen LogP) is 4.37. The average molecular weight is 394 g/mol. The zero-order valence-corrected chi connectivity index (χ0v) is 13.5. The minimum atomic E-state index is -0.979. The summed E-state index contributed by atoms with van der Waals surface area (Å²) < 4.78 is 6.71. The fourth-order valence-corrected chi connectivity index (χ4v) is 2.63. The number of rotatable bonds is 5. The molecule has 2 aromatic carbocycles. The third-order valence-electron chi connectivity index (χ3n) is 3.58. The van der Waals surface area contributed by atoms with E-state index in [0.717, 1.165) is 3.57 Å². The van der Waals surface area contributed by atoms with E-state index in [2.05, 4.69) is 22.6 Å². The summed E-state index contributed by atoms with van der Waals surface area (Å²) in [7, 11) is 0. The molecule has 1 saturated carbocycles. The van der Waals surface area contributed by atoms with Crippen LogP contribution in [-0.4, -0.2) is 11.1 Å². The van der Waals surface area contributed by atoms with Crippen LogP contribution in [0.25, 0.3) is 0 Å². The predicted molar refractivity (Wildman–Crippen MR) is 88.6 cm³/mol. The summed E-state index contributed by atoms with van der Waals surface area (Å²) in [6.45, 7) is 0. The van der Waals surface area contributed by atoms with E-state index in [0.29, 0.717) is 17.2 Å². The molecular formula is C17H15IO3. The molecule has 3 nitrogen and oxygen atoms in total. The molecule has 0 saturated heterocycles. The highest BCUT2D eigenvalue weighted by Crippen LogP contribution is 2.40. The Labute approximate surface area is 137 Å². The molecule has 1 fully saturated rings. The standard InChI is InChI=1S/C17H15IO3/c18-14-7-9-15(10-8-14)21-16(17(19)20)13-5-3-12(4-6-13)11-1-2-11/h3-11,16H,1-2H2,(H,19,20)/t16-/m1/s1. The van der Waals surface area contributed by atoms with E-state index in [1.165, 1.54) is 18.4 Å². The second-order valence-corrected chi connectivity index (χ2v) is 6.48. The summed E-state index contributed by atoms with van der Waals surface area (Å²) in [6.07, 6.45) is 1.50. The minimum Gasteiger partial charge on any atom is -0.478 e. The van der Waals surface area contributed by atoms with Gasteiger partial charge in [-0.15, -0.1) is 0 Å². The first-order chi connectivity index (χ1) is 10.1. The normalized spacial score (nSPS) is 15.5. The molecule has 0 spiro atoms. The minimum absolute atomic E-state index is 0.564. The van der Waals surface area contributed by atoms with Crippen LogP contribution in [0, 0.1) is 3.57 Å². The van der Waals surface area contributed by atoms with Crippen molar-refractivity contribution in [3.8, 4) is 5.75 Å². The first-order valence-electron chi connectivity index (χ1n) is 6.88. The average Bonchev–Trinajstić information content (AvgIpc) is 3.31. The molecule has 2 aromatic rings. The summed E-state index contributed by atoms with van der Waals surface area (Å²) in [5.41, 5.74) is 1.96. The highest BCUT2D eigenvalue weighted by atomic mass is 127. The third-order valence-corrected chi connectivity index (χ3v) is 4.30. The number of benzene rings is 2. The van der Waals surface area contributed by atoms with E-state index < -0.39 is 12.1 Å². The third kappa shape index (κ3) is 3.56. The van der Waals surface area contributed by atoms with Crippen LogP contribution in [0.2, 0.25) is 0 Å². The molecule has 4 heteroatoms. The van der Waals surface area contributed by atoms with Gasteiger partial charge in [0.25, 0.3) is 0 Å². The van der Waals surface area contributed by atoms with Crippen LogP contribution in [-0.2, 0) is 4.79 Å². The van der Waals surface area contributed by atoms with Crippen molar-refractivity contribution in [3.05, 3.63) is 63.2 Å². The second kappa shape index (κ2) is 6.05. The quantitative estimate of drug-likeness (QED) is 0.767. The zero-order chi connectivity index (χ0) is 14.8. The second-order valence-electron chi connectivity index (χ2n) is 5.23. The first-order valence-corrected chi connectivity index (χ1v) is 7.96. The van der Waals surface area contributed by atoms with E-state index in [9.17, 15) is 9.90 Å². The number of hydrogen-bond acceptors (Lipinski definition) is 2. The highest BCUT2D eigenvalue weighted by Gasteiger charge is 2.25. The van der Waals surface area contributed by atoms with Gasteiger partial charge in [0.1, 0.15) is 5.75 Å². The van der Waals surface area contributed by atoms with Gasteiger partial charge < -0.3 is 9.84 Å². The van der Waals surface area contributed by atoms with Gasteiger partial charge in [-0.2, -0.15) is 0 Å². The van der Waals surface area contributed by atoms with E-state index >= 15 is 0 Å². The molecule has 0 amide bonds. The van der Waals surface area contributed by atoms with Crippen molar-refractivity contribution in [3.63, 3.8) is 0 Å². The number of halogens is 1. The van der Waals surface area contributed by atoms with E-state index in [-0.39, 0.29) is 0 Å². The lowest BCUT2D eigenvalue weighted by Crippen LogP contribution is -2.18. The molecule has 0 unspecified atom stereocenters. The van der Waals surface area contributed by atoms with Crippen molar-refractivity contribution >= 4 is 28.6 Å². The summed E-state index contributed by atoms with van der Waals surface area (Å²) >= 11 is 2.20. The first kappa shape index (κ1) is 14.4. The fraction of sp³-hybridized carbons (Fsp3) is 0.235. The molecule has 3 rings (SSSR count). The molecule has 0 heterocycles. The Balaban J connectivity index is 1.79. The molecule has 1 atom stereocenters. The number of carbonyl (C=O) groups is 1. The Bertz CT molecular complexity index is 630. The van der Waals surface area contributed by atoms with Crippen LogP contribution in [0.1, 0.15) is 36.0 Å². The monoisotopic (exact) mass is 394 g/mol. The molecule has 1 aliphatic rings. The molecular weight excluding hydrogens is 379 g/mol. The lowest BCUT2D eigenvalue weighted by atomic mass is 10.0. The van der Waals surface area contributed by atoms with Crippen molar-refractivity contribution in [2.45, 2.75) is 24.9 Å². The van der Waals surface area contributed by atoms with Crippen LogP contribution in [0.5, 0.6) is 5.75 Å². The van der Waals surface area contributed by atoms with Gasteiger partial charge in [-0.05, 0) is 71.2 Å². The van der Waals surface area contributed by atoms with Crippen LogP contribution < -0.4 is 4.74 Å². The molecule has 108 valence electrons. The topological polar surface area (TPSA) is 46.5 Å². The van der Waals surface area contributed by atoms with E-state index in [1.807, 2.05) is 36.4 Å². The van der Waals surface area contributed by atoms with Gasteiger partial charge in [-0.25, -0.2) is 4.79 Å². The number of ether oxygens (including phenoxy) is 1. The van der Waals surface area contributed by atoms with Gasteiger partial charge >= 0.3 is 5.97 Å². The Morgan fingerprint density at radius 2 is 1.71 bits per heavy atom. The highest BCUT2D eigenvalue weighted by molar-refractivity contribution is 14.1. The maximum Gasteiger partial charge on any atom is 0.349 e. The van der Waals surface area contributed by atoms with Crippen LogP contribution >= 0.6 is 22.6 Å². The number of hydrogen-bond donors (Lipinski definition) is 1. The van der Waals surface area contributed by atoms with Crippen molar-refractivity contribution in [2.24, 2.45) is 0 Å². The van der Waals surface area contributed by atoms with Gasteiger partial charge in [0.05, 0.1) is 0 Å². The maximum atomic E-state index is 11.5. The van der Waals surface area contributed by atoms with Gasteiger partial charge in [0.2, 0.25) is 6.10 Å². The SMILES string of the molecule is O=C(O)[C@H](Oc1ccc(I)cc1)c1ccc(C2CC2)cc1. The van der Waals surface area contributed by atoms with E-state index in [1.54, 1.807) is 12.1 Å². The number of carboxylic acids is 1. The molecule has 1 aliphatic carbocycles. The Morgan fingerprint density at radius 1 is 1.10 bits per heavy atom. The van der Waals surface area contributed by atoms with E-state index in [4.69, 9.17) is 4.74 Å². The van der Waals surface area contributed by atoms with Crippen LogP contribution in [0.4, 0.5) is 0 Å². The van der Waals surface area contributed by atoms with Crippen LogP contribution in [0.15, 0.2) is 48.5 Å². The smallest absolute Gasteiger partial charge is 0.349 e. The molecule has 0 bridgehead atoms. The summed E-state index contributed by atoms with van der Waals surface area (Å²) in [6, 6.07) is 15.1. The van der Waals surface area contributed by atoms with Crippen molar-refractivity contribution in [1.82, 2.24) is 0 Å². The largest absolute Gasteiger partial charge is 0.478 e. The number of aliphatic carboxylic acids is 1. The van der Waals surface area contributed by atoms with Crippen molar-refractivity contribution in [1.29, 1.82) is 0 Å². The fourth-order valence-electron chi connectivity index (χ4n) is 2.27. The van der Waals surface area contributed by atoms with Crippen LogP contribution in [0.3, 0.4) is 0 Å². The lowest BCUT2D eigenvalue weighted by Gasteiger charge is -2.16. The maximum absolute atomic E-state index is 11.5.